The first-order valence-electron chi connectivity index (χ1n) is 10.4. The number of rotatable bonds is 4. The predicted octanol–water partition coefficient (Wildman–Crippen LogP) is 6.26. The van der Waals surface area contributed by atoms with Gasteiger partial charge in [-0.1, -0.05) is 40.5 Å². The van der Waals surface area contributed by atoms with E-state index < -0.39 is 0 Å². The molecule has 3 rings (SSSR count). The van der Waals surface area contributed by atoms with Gasteiger partial charge in [0.05, 0.1) is 0 Å². The molecule has 3 aliphatic carbocycles. The number of aldehydes is 1. The summed E-state index contributed by atoms with van der Waals surface area (Å²) in [6, 6.07) is 0. The molecule has 1 nitrogen and oxygen atoms in total. The highest BCUT2D eigenvalue weighted by Gasteiger charge is 2.55. The Morgan fingerprint density at radius 3 is 2.61 bits per heavy atom. The average Bonchev–Trinajstić information content (AvgIpc) is 2.55. The Labute approximate surface area is 144 Å². The fourth-order valence-corrected chi connectivity index (χ4v) is 7.15. The topological polar surface area (TPSA) is 17.1 Å². The van der Waals surface area contributed by atoms with Gasteiger partial charge in [0.15, 0.2) is 0 Å². The van der Waals surface area contributed by atoms with E-state index in [0.717, 1.165) is 42.8 Å². The Kier molecular flexibility index (Phi) is 4.96. The fourth-order valence-electron chi connectivity index (χ4n) is 7.15. The maximum Gasteiger partial charge on any atom is 0.120 e. The van der Waals surface area contributed by atoms with E-state index in [4.69, 9.17) is 0 Å². The molecule has 3 fully saturated rings. The van der Waals surface area contributed by atoms with Gasteiger partial charge in [-0.3, -0.25) is 0 Å². The second-order valence-electron chi connectivity index (χ2n) is 9.77. The van der Waals surface area contributed by atoms with Crippen molar-refractivity contribution in [1.82, 2.24) is 0 Å². The molecule has 3 saturated carbocycles. The van der Waals surface area contributed by atoms with Gasteiger partial charge >= 0.3 is 0 Å². The van der Waals surface area contributed by atoms with E-state index in [9.17, 15) is 4.79 Å². The number of fused-ring (bicyclic) bond motifs is 3. The van der Waals surface area contributed by atoms with E-state index >= 15 is 0 Å². The van der Waals surface area contributed by atoms with Gasteiger partial charge in [-0.2, -0.15) is 0 Å². The van der Waals surface area contributed by atoms with Crippen molar-refractivity contribution in [1.29, 1.82) is 0 Å². The van der Waals surface area contributed by atoms with E-state index in [1.54, 1.807) is 0 Å². The summed E-state index contributed by atoms with van der Waals surface area (Å²) in [6.07, 6.45) is 14.7. The molecule has 1 heteroatoms. The summed E-state index contributed by atoms with van der Waals surface area (Å²) < 4.78 is 0. The number of hydrogen-bond donors (Lipinski definition) is 0. The van der Waals surface area contributed by atoms with Crippen molar-refractivity contribution in [3.8, 4) is 0 Å². The highest BCUT2D eigenvalue weighted by molar-refractivity contribution is 5.49. The van der Waals surface area contributed by atoms with Crippen LogP contribution in [0.25, 0.3) is 0 Å². The molecule has 0 N–H and O–H groups in total. The summed E-state index contributed by atoms with van der Waals surface area (Å²) in [5.41, 5.74) is 1.09. The lowest BCUT2D eigenvalue weighted by atomic mass is 9.44. The van der Waals surface area contributed by atoms with Crippen LogP contribution in [0.2, 0.25) is 0 Å². The molecule has 0 aromatic carbocycles. The van der Waals surface area contributed by atoms with Crippen molar-refractivity contribution >= 4 is 6.29 Å². The molecule has 7 unspecified atom stereocenters. The second kappa shape index (κ2) is 6.52. The third kappa shape index (κ3) is 2.81. The molecule has 23 heavy (non-hydrogen) atoms. The van der Waals surface area contributed by atoms with E-state index in [2.05, 4.69) is 27.7 Å². The summed E-state index contributed by atoms with van der Waals surface area (Å²) in [5, 5.41) is 0. The van der Waals surface area contributed by atoms with E-state index in [1.165, 1.54) is 51.4 Å². The van der Waals surface area contributed by atoms with Crippen molar-refractivity contribution in [3.63, 3.8) is 0 Å². The lowest BCUT2D eigenvalue weighted by Gasteiger charge is -2.61. The molecular weight excluding hydrogens is 280 g/mol. The van der Waals surface area contributed by atoms with Crippen LogP contribution >= 0.6 is 0 Å². The highest BCUT2D eigenvalue weighted by atomic mass is 16.1. The Morgan fingerprint density at radius 2 is 1.87 bits per heavy atom. The predicted molar refractivity (Wildman–Crippen MR) is 97.2 cm³/mol. The van der Waals surface area contributed by atoms with Gasteiger partial charge in [0.1, 0.15) is 6.29 Å². The second-order valence-corrected chi connectivity index (χ2v) is 9.77. The van der Waals surface area contributed by atoms with E-state index in [-0.39, 0.29) is 0 Å². The minimum absolute atomic E-state index is 0.446. The van der Waals surface area contributed by atoms with Gasteiger partial charge < -0.3 is 4.79 Å². The minimum atomic E-state index is 0.446. The van der Waals surface area contributed by atoms with Crippen LogP contribution in [0.1, 0.15) is 91.9 Å². The zero-order valence-electron chi connectivity index (χ0n) is 15.9. The lowest BCUT2D eigenvalue weighted by Crippen LogP contribution is -2.53. The third-order valence-electron chi connectivity index (χ3n) is 9.18. The first kappa shape index (κ1) is 17.5. The van der Waals surface area contributed by atoms with Gasteiger partial charge in [0.2, 0.25) is 0 Å². The number of hydrogen-bond acceptors (Lipinski definition) is 1. The summed E-state index contributed by atoms with van der Waals surface area (Å²) in [5.74, 6) is 4.43. The van der Waals surface area contributed by atoms with Crippen LogP contribution in [0.4, 0.5) is 0 Å². The van der Waals surface area contributed by atoms with Gasteiger partial charge in [0.25, 0.3) is 0 Å². The molecule has 7 atom stereocenters. The summed E-state index contributed by atoms with van der Waals surface area (Å²) in [4.78, 5) is 10.8. The molecule has 0 spiro atoms. The summed E-state index contributed by atoms with van der Waals surface area (Å²) in [7, 11) is 0. The first-order valence-corrected chi connectivity index (χ1v) is 10.4. The molecule has 0 saturated heterocycles. The van der Waals surface area contributed by atoms with Gasteiger partial charge in [0, 0.05) is 6.42 Å². The molecule has 3 aliphatic rings. The van der Waals surface area contributed by atoms with Crippen LogP contribution in [0.15, 0.2) is 0 Å². The maximum absolute atomic E-state index is 10.8. The highest BCUT2D eigenvalue weighted by Crippen LogP contribution is 2.64. The van der Waals surface area contributed by atoms with Gasteiger partial charge in [-0.15, -0.1) is 0 Å². The van der Waals surface area contributed by atoms with Crippen LogP contribution in [0.5, 0.6) is 0 Å². The SMILES string of the molecule is CC(CCC=O)C1(C)CCC2C(CCC3CCCCC32C)C1C. The maximum atomic E-state index is 10.8. The molecule has 0 radical (unpaired) electrons. The fraction of sp³-hybridized carbons (Fsp3) is 0.955. The molecular formula is C22H38O. The lowest BCUT2D eigenvalue weighted by molar-refractivity contribution is -0.121. The molecule has 132 valence electrons. The van der Waals surface area contributed by atoms with Crippen molar-refractivity contribution < 1.29 is 4.79 Å². The molecule has 0 bridgehead atoms. The van der Waals surface area contributed by atoms with Gasteiger partial charge in [-0.25, -0.2) is 0 Å². The standard InChI is InChI=1S/C22H38O/c1-16(8-7-15-23)21(3)14-12-20-19(17(21)2)11-10-18-9-5-6-13-22(18,20)4/h15-20H,5-14H2,1-4H3. The quantitative estimate of drug-likeness (QED) is 0.559. The van der Waals surface area contributed by atoms with Crippen molar-refractivity contribution in [2.24, 2.45) is 40.4 Å². The summed E-state index contributed by atoms with van der Waals surface area (Å²) in [6.45, 7) is 10.2. The van der Waals surface area contributed by atoms with E-state index in [1.807, 2.05) is 0 Å². The Bertz CT molecular complexity index is 430. The molecule has 0 aromatic rings. The Morgan fingerprint density at radius 1 is 1.09 bits per heavy atom. The molecule has 0 heterocycles. The zero-order valence-corrected chi connectivity index (χ0v) is 15.9. The number of carbonyl (C=O) groups is 1. The number of carbonyl (C=O) groups excluding carboxylic acids is 1. The largest absolute Gasteiger partial charge is 0.303 e. The van der Waals surface area contributed by atoms with Crippen molar-refractivity contribution in [2.45, 2.75) is 91.9 Å². The Balaban J connectivity index is 1.78. The van der Waals surface area contributed by atoms with Crippen LogP contribution in [-0.2, 0) is 4.79 Å². The van der Waals surface area contributed by atoms with Crippen molar-refractivity contribution in [2.75, 3.05) is 0 Å². The summed E-state index contributed by atoms with van der Waals surface area (Å²) >= 11 is 0. The van der Waals surface area contributed by atoms with Gasteiger partial charge in [-0.05, 0) is 85.4 Å². The van der Waals surface area contributed by atoms with Crippen LogP contribution in [0.3, 0.4) is 0 Å². The average molecular weight is 319 g/mol. The zero-order chi connectivity index (χ0) is 16.7. The van der Waals surface area contributed by atoms with E-state index in [0.29, 0.717) is 16.7 Å². The first-order chi connectivity index (χ1) is 10.9. The molecule has 0 aliphatic heterocycles. The van der Waals surface area contributed by atoms with Crippen LogP contribution in [0, 0.1) is 40.4 Å². The third-order valence-corrected chi connectivity index (χ3v) is 9.18. The monoisotopic (exact) mass is 318 g/mol. The molecule has 0 amide bonds. The van der Waals surface area contributed by atoms with Crippen LogP contribution in [-0.4, -0.2) is 6.29 Å². The Hall–Kier alpha value is -0.330. The normalized spacial score (nSPS) is 48.2. The van der Waals surface area contributed by atoms with Crippen LogP contribution < -0.4 is 0 Å². The van der Waals surface area contributed by atoms with Crippen molar-refractivity contribution in [3.05, 3.63) is 0 Å². The minimum Gasteiger partial charge on any atom is -0.303 e. The molecule has 0 aromatic heterocycles. The smallest absolute Gasteiger partial charge is 0.120 e.